The molecule has 198 valence electrons. The van der Waals surface area contributed by atoms with Gasteiger partial charge in [-0.05, 0) is 47.6 Å². The van der Waals surface area contributed by atoms with E-state index in [4.69, 9.17) is 11.6 Å². The Balaban J connectivity index is 2.39. The molecule has 0 fully saturated rings. The van der Waals surface area contributed by atoms with Crippen molar-refractivity contribution >= 4 is 39.1 Å². The molecule has 0 spiro atoms. The molecule has 2 aromatic carbocycles. The lowest BCUT2D eigenvalue weighted by Crippen LogP contribution is -2.51. The highest BCUT2D eigenvalue weighted by Crippen LogP contribution is 2.26. The number of hydrogen-bond acceptors (Lipinski definition) is 4. The fourth-order valence-electron chi connectivity index (χ4n) is 3.59. The minimum Gasteiger partial charge on any atom is -0.354 e. The summed E-state index contributed by atoms with van der Waals surface area (Å²) in [5.41, 5.74) is 1.99. The standard InChI is InChI=1S/C27H38ClN3O4S/c1-19(2)16-29-26(33)20(3)30(17-21-10-8-9-11-24(21)28)25(32)18-31(36(7,34)35)23-14-12-22(13-15-23)27(4,5)6/h8-15,19-20H,16-18H2,1-7H3,(H,29,33)/t20-/m0/s1. The van der Waals surface area contributed by atoms with E-state index in [9.17, 15) is 18.0 Å². The number of amides is 2. The van der Waals surface area contributed by atoms with Crippen LogP contribution in [0, 0.1) is 5.92 Å². The predicted molar refractivity (Wildman–Crippen MR) is 147 cm³/mol. The van der Waals surface area contributed by atoms with E-state index >= 15 is 0 Å². The van der Waals surface area contributed by atoms with Gasteiger partial charge in [0.2, 0.25) is 21.8 Å². The molecule has 0 saturated carbocycles. The van der Waals surface area contributed by atoms with E-state index < -0.39 is 28.5 Å². The maximum atomic E-state index is 13.6. The molecule has 0 aliphatic rings. The van der Waals surface area contributed by atoms with Gasteiger partial charge in [-0.3, -0.25) is 13.9 Å². The summed E-state index contributed by atoms with van der Waals surface area (Å²) in [6.07, 6.45) is 1.06. The second-order valence-electron chi connectivity index (χ2n) is 10.5. The van der Waals surface area contributed by atoms with Gasteiger partial charge in [-0.2, -0.15) is 0 Å². The molecule has 0 aliphatic heterocycles. The highest BCUT2D eigenvalue weighted by molar-refractivity contribution is 7.92. The molecule has 2 aromatic rings. The normalized spacial score (nSPS) is 12.8. The van der Waals surface area contributed by atoms with E-state index in [2.05, 4.69) is 26.1 Å². The number of rotatable bonds is 10. The van der Waals surface area contributed by atoms with Crippen LogP contribution < -0.4 is 9.62 Å². The van der Waals surface area contributed by atoms with Crippen molar-refractivity contribution in [3.05, 3.63) is 64.7 Å². The molecule has 2 amide bonds. The lowest BCUT2D eigenvalue weighted by molar-refractivity contribution is -0.139. The molecule has 0 aliphatic carbocycles. The summed E-state index contributed by atoms with van der Waals surface area (Å²) in [6.45, 7) is 11.9. The van der Waals surface area contributed by atoms with E-state index in [-0.39, 0.29) is 23.8 Å². The van der Waals surface area contributed by atoms with Crippen LogP contribution >= 0.6 is 11.6 Å². The van der Waals surface area contributed by atoms with E-state index in [1.807, 2.05) is 26.0 Å². The van der Waals surface area contributed by atoms with Crippen LogP contribution in [0.3, 0.4) is 0 Å². The van der Waals surface area contributed by atoms with Gasteiger partial charge in [0.25, 0.3) is 0 Å². The Morgan fingerprint density at radius 2 is 1.58 bits per heavy atom. The van der Waals surface area contributed by atoms with Gasteiger partial charge >= 0.3 is 0 Å². The maximum absolute atomic E-state index is 13.6. The number of benzene rings is 2. The van der Waals surface area contributed by atoms with Crippen molar-refractivity contribution in [3.63, 3.8) is 0 Å². The minimum atomic E-state index is -3.78. The Morgan fingerprint density at radius 1 is 1.00 bits per heavy atom. The van der Waals surface area contributed by atoms with Crippen LogP contribution in [0.4, 0.5) is 5.69 Å². The Kier molecular flexibility index (Phi) is 9.97. The molecular formula is C27H38ClN3O4S. The molecule has 0 aromatic heterocycles. The number of nitrogens with zero attached hydrogens (tertiary/aromatic N) is 2. The van der Waals surface area contributed by atoms with Gasteiger partial charge in [0.1, 0.15) is 12.6 Å². The van der Waals surface area contributed by atoms with Gasteiger partial charge in [-0.15, -0.1) is 0 Å². The van der Waals surface area contributed by atoms with E-state index in [1.165, 1.54) is 4.90 Å². The lowest BCUT2D eigenvalue weighted by atomic mass is 9.87. The van der Waals surface area contributed by atoms with Crippen molar-refractivity contribution in [3.8, 4) is 0 Å². The summed E-state index contributed by atoms with van der Waals surface area (Å²) in [7, 11) is -3.78. The first-order valence-corrected chi connectivity index (χ1v) is 14.2. The number of carbonyl (C=O) groups excluding carboxylic acids is 2. The average Bonchev–Trinajstić information content (AvgIpc) is 2.78. The number of anilines is 1. The van der Waals surface area contributed by atoms with E-state index in [1.54, 1.807) is 43.3 Å². The van der Waals surface area contributed by atoms with Crippen molar-refractivity contribution < 1.29 is 18.0 Å². The van der Waals surface area contributed by atoms with Gasteiger partial charge in [-0.1, -0.05) is 76.6 Å². The first-order chi connectivity index (χ1) is 16.6. The Labute approximate surface area is 220 Å². The smallest absolute Gasteiger partial charge is 0.244 e. The Morgan fingerprint density at radius 3 is 2.08 bits per heavy atom. The molecule has 7 nitrogen and oxygen atoms in total. The monoisotopic (exact) mass is 535 g/mol. The SMILES string of the molecule is CC(C)CNC(=O)[C@H](C)N(Cc1ccccc1Cl)C(=O)CN(c1ccc(C(C)(C)C)cc1)S(C)(=O)=O. The van der Waals surface area contributed by atoms with Gasteiger partial charge in [0, 0.05) is 18.1 Å². The highest BCUT2D eigenvalue weighted by Gasteiger charge is 2.30. The van der Waals surface area contributed by atoms with Crippen molar-refractivity contribution in [2.75, 3.05) is 23.7 Å². The zero-order chi connectivity index (χ0) is 27.3. The fourth-order valence-corrected chi connectivity index (χ4v) is 4.63. The molecule has 2 rings (SSSR count). The molecule has 36 heavy (non-hydrogen) atoms. The van der Waals surface area contributed by atoms with Gasteiger partial charge in [-0.25, -0.2) is 8.42 Å². The third-order valence-electron chi connectivity index (χ3n) is 5.85. The van der Waals surface area contributed by atoms with Crippen molar-refractivity contribution in [2.24, 2.45) is 5.92 Å². The number of carbonyl (C=O) groups is 2. The third-order valence-corrected chi connectivity index (χ3v) is 7.36. The minimum absolute atomic E-state index is 0.0648. The van der Waals surface area contributed by atoms with E-state index in [0.717, 1.165) is 16.1 Å². The van der Waals surface area contributed by atoms with Crippen LogP contribution in [-0.2, 0) is 31.6 Å². The molecule has 0 saturated heterocycles. The quantitative estimate of drug-likeness (QED) is 0.482. The first-order valence-electron chi connectivity index (χ1n) is 12.0. The van der Waals surface area contributed by atoms with Crippen LogP contribution in [0.2, 0.25) is 5.02 Å². The molecule has 1 N–H and O–H groups in total. The molecule has 9 heteroatoms. The maximum Gasteiger partial charge on any atom is 0.244 e. The highest BCUT2D eigenvalue weighted by atomic mass is 35.5. The van der Waals surface area contributed by atoms with Crippen molar-refractivity contribution in [2.45, 2.75) is 59.5 Å². The van der Waals surface area contributed by atoms with Gasteiger partial charge in [0.05, 0.1) is 11.9 Å². The Hall–Kier alpha value is -2.58. The van der Waals surface area contributed by atoms with Crippen LogP contribution in [0.25, 0.3) is 0 Å². The average molecular weight is 536 g/mol. The van der Waals surface area contributed by atoms with Gasteiger partial charge < -0.3 is 10.2 Å². The molecule has 0 unspecified atom stereocenters. The van der Waals surface area contributed by atoms with Crippen LogP contribution in [0.15, 0.2) is 48.5 Å². The molecule has 0 radical (unpaired) electrons. The van der Waals surface area contributed by atoms with Gasteiger partial charge in [0.15, 0.2) is 0 Å². The van der Waals surface area contributed by atoms with Crippen LogP contribution in [-0.4, -0.2) is 50.5 Å². The summed E-state index contributed by atoms with van der Waals surface area (Å²) < 4.78 is 26.5. The number of hydrogen-bond donors (Lipinski definition) is 1. The van der Waals surface area contributed by atoms with Crippen LogP contribution in [0.5, 0.6) is 0 Å². The Bertz CT molecular complexity index is 1160. The fraction of sp³-hybridized carbons (Fsp3) is 0.481. The van der Waals surface area contributed by atoms with E-state index in [0.29, 0.717) is 22.8 Å². The second-order valence-corrected chi connectivity index (χ2v) is 12.8. The zero-order valence-corrected chi connectivity index (χ0v) is 23.8. The summed E-state index contributed by atoms with van der Waals surface area (Å²) >= 11 is 6.34. The second kappa shape index (κ2) is 12.1. The number of sulfonamides is 1. The lowest BCUT2D eigenvalue weighted by Gasteiger charge is -2.32. The summed E-state index contributed by atoms with van der Waals surface area (Å²) in [6, 6.07) is 13.4. The molecular weight excluding hydrogens is 498 g/mol. The third kappa shape index (κ3) is 8.23. The van der Waals surface area contributed by atoms with Crippen molar-refractivity contribution in [1.82, 2.24) is 10.2 Å². The molecule has 0 bridgehead atoms. The predicted octanol–water partition coefficient (Wildman–Crippen LogP) is 4.59. The first kappa shape index (κ1) is 29.6. The zero-order valence-electron chi connectivity index (χ0n) is 22.2. The topological polar surface area (TPSA) is 86.8 Å². The summed E-state index contributed by atoms with van der Waals surface area (Å²) in [4.78, 5) is 27.9. The summed E-state index contributed by atoms with van der Waals surface area (Å²) in [5, 5.41) is 3.32. The van der Waals surface area contributed by atoms with Crippen LogP contribution in [0.1, 0.15) is 52.7 Å². The van der Waals surface area contributed by atoms with Crippen molar-refractivity contribution in [1.29, 1.82) is 0 Å². The number of nitrogens with one attached hydrogen (secondary N) is 1. The number of halogens is 1. The molecule has 1 atom stereocenters. The summed E-state index contributed by atoms with van der Waals surface area (Å²) in [5.74, 6) is -0.581. The molecule has 0 heterocycles. The largest absolute Gasteiger partial charge is 0.354 e.